The molecule has 3 heteroatoms. The fraction of sp³-hybridized carbons (Fsp3) is 0.562. The van der Waals surface area contributed by atoms with Gasteiger partial charge in [-0.25, -0.2) is 0 Å². The summed E-state index contributed by atoms with van der Waals surface area (Å²) in [5, 5.41) is 6.50. The van der Waals surface area contributed by atoms with E-state index in [0.717, 1.165) is 26.1 Å². The van der Waals surface area contributed by atoms with E-state index >= 15 is 0 Å². The van der Waals surface area contributed by atoms with Crippen molar-refractivity contribution >= 4 is 5.91 Å². The molecule has 0 aromatic heterocycles. The smallest absolute Gasteiger partial charge is 0.223 e. The van der Waals surface area contributed by atoms with E-state index in [9.17, 15) is 4.79 Å². The maximum absolute atomic E-state index is 12.1. The van der Waals surface area contributed by atoms with E-state index in [1.54, 1.807) is 0 Å². The second-order valence-corrected chi connectivity index (χ2v) is 5.80. The molecule has 1 saturated heterocycles. The zero-order chi connectivity index (χ0) is 13.1. The normalized spacial score (nSPS) is 26.9. The van der Waals surface area contributed by atoms with E-state index in [4.69, 9.17) is 0 Å². The number of nitrogens with one attached hydrogen (secondary N) is 2. The van der Waals surface area contributed by atoms with Crippen molar-refractivity contribution in [3.63, 3.8) is 0 Å². The molecule has 2 N–H and O–H groups in total. The molecule has 1 aromatic carbocycles. The van der Waals surface area contributed by atoms with Crippen molar-refractivity contribution in [1.82, 2.24) is 10.6 Å². The van der Waals surface area contributed by atoms with Gasteiger partial charge in [-0.05, 0) is 49.8 Å². The van der Waals surface area contributed by atoms with Crippen LogP contribution in [-0.2, 0) is 4.79 Å². The summed E-state index contributed by atoms with van der Waals surface area (Å²) in [6.07, 6.45) is 3.39. The Labute approximate surface area is 114 Å². The Balaban J connectivity index is 1.45. The Morgan fingerprint density at radius 3 is 2.68 bits per heavy atom. The van der Waals surface area contributed by atoms with Gasteiger partial charge in [0.05, 0.1) is 0 Å². The van der Waals surface area contributed by atoms with Crippen LogP contribution in [0.4, 0.5) is 0 Å². The summed E-state index contributed by atoms with van der Waals surface area (Å²) in [6.45, 7) is 3.05. The van der Waals surface area contributed by atoms with Crippen molar-refractivity contribution in [1.29, 1.82) is 0 Å². The molecule has 19 heavy (non-hydrogen) atoms. The Kier molecular flexibility index (Phi) is 3.83. The zero-order valence-corrected chi connectivity index (χ0v) is 11.3. The molecule has 1 heterocycles. The minimum atomic E-state index is 0.212. The molecule has 2 aliphatic rings. The van der Waals surface area contributed by atoms with Crippen LogP contribution in [0.2, 0.25) is 0 Å². The number of hydrogen-bond donors (Lipinski definition) is 2. The van der Waals surface area contributed by atoms with Crippen LogP contribution in [0.5, 0.6) is 0 Å². The molecule has 1 aromatic rings. The molecule has 2 atom stereocenters. The highest BCUT2D eigenvalue weighted by Crippen LogP contribution is 2.47. The van der Waals surface area contributed by atoms with Gasteiger partial charge >= 0.3 is 0 Å². The first-order valence-corrected chi connectivity index (χ1v) is 7.38. The fourth-order valence-electron chi connectivity index (χ4n) is 3.02. The lowest BCUT2D eigenvalue weighted by molar-refractivity contribution is -0.122. The van der Waals surface area contributed by atoms with Crippen molar-refractivity contribution in [2.75, 3.05) is 19.6 Å². The van der Waals surface area contributed by atoms with Crippen molar-refractivity contribution in [2.45, 2.75) is 25.2 Å². The Hall–Kier alpha value is -1.35. The van der Waals surface area contributed by atoms with E-state index in [1.807, 2.05) is 6.07 Å². The lowest BCUT2D eigenvalue weighted by atomic mass is 9.98. The van der Waals surface area contributed by atoms with E-state index in [-0.39, 0.29) is 11.8 Å². The highest BCUT2D eigenvalue weighted by Gasteiger charge is 2.43. The van der Waals surface area contributed by atoms with E-state index in [2.05, 4.69) is 34.9 Å². The molecule has 3 rings (SSSR count). The molecule has 1 saturated carbocycles. The molecular formula is C16H22N2O. The van der Waals surface area contributed by atoms with Crippen LogP contribution >= 0.6 is 0 Å². The summed E-state index contributed by atoms with van der Waals surface area (Å²) in [6, 6.07) is 10.4. The Bertz CT molecular complexity index is 426. The van der Waals surface area contributed by atoms with Crippen LogP contribution in [0.25, 0.3) is 0 Å². The minimum Gasteiger partial charge on any atom is -0.356 e. The zero-order valence-electron chi connectivity index (χ0n) is 11.3. The fourth-order valence-corrected chi connectivity index (χ4v) is 3.02. The highest BCUT2D eigenvalue weighted by atomic mass is 16.2. The predicted molar refractivity (Wildman–Crippen MR) is 75.9 cm³/mol. The Morgan fingerprint density at radius 1 is 1.21 bits per heavy atom. The first kappa shape index (κ1) is 12.7. The summed E-state index contributed by atoms with van der Waals surface area (Å²) >= 11 is 0. The van der Waals surface area contributed by atoms with Gasteiger partial charge in [-0.1, -0.05) is 30.3 Å². The third kappa shape index (κ3) is 3.16. The quantitative estimate of drug-likeness (QED) is 0.866. The van der Waals surface area contributed by atoms with Crippen LogP contribution in [0.1, 0.15) is 30.7 Å². The molecule has 1 aliphatic carbocycles. The largest absolute Gasteiger partial charge is 0.356 e. The van der Waals surface area contributed by atoms with Gasteiger partial charge in [0.2, 0.25) is 5.91 Å². The molecule has 0 radical (unpaired) electrons. The second-order valence-electron chi connectivity index (χ2n) is 5.80. The summed E-state index contributed by atoms with van der Waals surface area (Å²) in [4.78, 5) is 12.1. The van der Waals surface area contributed by atoms with Gasteiger partial charge in [-0.2, -0.15) is 0 Å². The van der Waals surface area contributed by atoms with Gasteiger partial charge in [0, 0.05) is 12.5 Å². The number of rotatable bonds is 4. The van der Waals surface area contributed by atoms with Crippen molar-refractivity contribution in [2.24, 2.45) is 11.8 Å². The molecule has 1 aliphatic heterocycles. The average molecular weight is 258 g/mol. The average Bonchev–Trinajstić information content (AvgIpc) is 3.27. The predicted octanol–water partition coefficient (Wildman–Crippen LogP) is 1.91. The van der Waals surface area contributed by atoms with Gasteiger partial charge in [0.1, 0.15) is 0 Å². The van der Waals surface area contributed by atoms with Gasteiger partial charge in [0.15, 0.2) is 0 Å². The Morgan fingerprint density at radius 2 is 1.95 bits per heavy atom. The monoisotopic (exact) mass is 258 g/mol. The third-order valence-electron chi connectivity index (χ3n) is 4.38. The number of carbonyl (C=O) groups is 1. The van der Waals surface area contributed by atoms with E-state index in [1.165, 1.54) is 18.4 Å². The molecular weight excluding hydrogens is 236 g/mol. The summed E-state index contributed by atoms with van der Waals surface area (Å²) < 4.78 is 0. The molecule has 2 unspecified atom stereocenters. The standard InChI is InChI=1S/C16H22N2O/c19-16(18-11-12-6-8-17-9-7-12)15-10-14(15)13-4-2-1-3-5-13/h1-5,12,14-15,17H,6-11H2,(H,18,19). The molecule has 1 amide bonds. The van der Waals surface area contributed by atoms with Crippen LogP contribution in [0, 0.1) is 11.8 Å². The SMILES string of the molecule is O=C(NCC1CCNCC1)C1CC1c1ccccc1. The number of amides is 1. The topological polar surface area (TPSA) is 41.1 Å². The molecule has 3 nitrogen and oxygen atoms in total. The molecule has 2 fully saturated rings. The molecule has 0 bridgehead atoms. The van der Waals surface area contributed by atoms with E-state index < -0.39 is 0 Å². The minimum absolute atomic E-state index is 0.212. The third-order valence-corrected chi connectivity index (χ3v) is 4.38. The lowest BCUT2D eigenvalue weighted by Crippen LogP contribution is -2.36. The summed E-state index contributed by atoms with van der Waals surface area (Å²) in [7, 11) is 0. The van der Waals surface area contributed by atoms with Crippen molar-refractivity contribution in [3.8, 4) is 0 Å². The number of hydrogen-bond acceptors (Lipinski definition) is 2. The number of piperidine rings is 1. The highest BCUT2D eigenvalue weighted by molar-refractivity contribution is 5.82. The van der Waals surface area contributed by atoms with E-state index in [0.29, 0.717) is 11.8 Å². The maximum Gasteiger partial charge on any atom is 0.223 e. The van der Waals surface area contributed by atoms with Crippen LogP contribution in [0.3, 0.4) is 0 Å². The molecule has 0 spiro atoms. The number of benzene rings is 1. The summed E-state index contributed by atoms with van der Waals surface area (Å²) in [5.41, 5.74) is 1.31. The first-order valence-electron chi connectivity index (χ1n) is 7.38. The van der Waals surface area contributed by atoms with Gasteiger partial charge in [-0.15, -0.1) is 0 Å². The van der Waals surface area contributed by atoms with Crippen LogP contribution in [-0.4, -0.2) is 25.5 Å². The second kappa shape index (κ2) is 5.74. The van der Waals surface area contributed by atoms with Gasteiger partial charge in [-0.3, -0.25) is 4.79 Å². The van der Waals surface area contributed by atoms with Crippen LogP contribution < -0.4 is 10.6 Å². The maximum atomic E-state index is 12.1. The van der Waals surface area contributed by atoms with Gasteiger partial charge in [0.25, 0.3) is 0 Å². The van der Waals surface area contributed by atoms with Crippen LogP contribution in [0.15, 0.2) is 30.3 Å². The number of carbonyl (C=O) groups excluding carboxylic acids is 1. The first-order chi connectivity index (χ1) is 9.34. The molecule has 102 valence electrons. The van der Waals surface area contributed by atoms with Crippen molar-refractivity contribution in [3.05, 3.63) is 35.9 Å². The van der Waals surface area contributed by atoms with Crippen molar-refractivity contribution < 1.29 is 4.79 Å². The van der Waals surface area contributed by atoms with Gasteiger partial charge < -0.3 is 10.6 Å². The lowest BCUT2D eigenvalue weighted by Gasteiger charge is -2.22. The summed E-state index contributed by atoms with van der Waals surface area (Å²) in [5.74, 6) is 1.59.